The van der Waals surface area contributed by atoms with E-state index in [0.717, 1.165) is 11.8 Å². The highest BCUT2D eigenvalue weighted by Crippen LogP contribution is 2.35. The molecule has 1 heterocycles. The lowest BCUT2D eigenvalue weighted by atomic mass is 10.1. The Bertz CT molecular complexity index is 1000. The van der Waals surface area contributed by atoms with Crippen LogP contribution in [0.3, 0.4) is 0 Å². The average Bonchev–Trinajstić information content (AvgIpc) is 2.60. The minimum absolute atomic E-state index is 0.138. The number of hydrogen-bond acceptors (Lipinski definition) is 5. The molecule has 2 aromatic rings. The molecule has 9 heteroatoms. The first kappa shape index (κ1) is 18.7. The monoisotopic (exact) mass is 389 g/mol. The van der Waals surface area contributed by atoms with Crippen LogP contribution in [-0.2, 0) is 14.8 Å². The largest absolute Gasteiger partial charge is 0.476 e. The summed E-state index contributed by atoms with van der Waals surface area (Å²) >= 11 is 0. The van der Waals surface area contributed by atoms with Gasteiger partial charge in [-0.05, 0) is 48.9 Å². The van der Waals surface area contributed by atoms with Crippen molar-refractivity contribution in [3.8, 4) is 5.75 Å². The van der Waals surface area contributed by atoms with E-state index in [1.807, 2.05) is 6.92 Å². The van der Waals surface area contributed by atoms with Crippen LogP contribution in [0.2, 0.25) is 0 Å². The van der Waals surface area contributed by atoms with Gasteiger partial charge in [-0.2, -0.15) is 0 Å². The molecule has 0 aliphatic carbocycles. The van der Waals surface area contributed by atoms with Crippen molar-refractivity contribution in [3.05, 3.63) is 53.6 Å². The van der Waals surface area contributed by atoms with E-state index >= 15 is 0 Å². The topological polar surface area (TPSA) is 119 Å². The van der Waals surface area contributed by atoms with Crippen LogP contribution in [0, 0.1) is 6.92 Å². The molecule has 3 rings (SSSR count). The van der Waals surface area contributed by atoms with Crippen LogP contribution in [0.1, 0.15) is 15.9 Å². The molecule has 0 spiro atoms. The summed E-state index contributed by atoms with van der Waals surface area (Å²) < 4.78 is 31.2. The maximum absolute atomic E-state index is 12.6. The molecule has 0 bridgehead atoms. The van der Waals surface area contributed by atoms with Crippen molar-refractivity contribution in [2.45, 2.75) is 13.0 Å². The molecule has 8 nitrogen and oxygen atoms in total. The van der Waals surface area contributed by atoms with Gasteiger partial charge in [-0.3, -0.25) is 13.9 Å². The number of nitrogens with two attached hydrogens (primary N) is 1. The van der Waals surface area contributed by atoms with Crippen LogP contribution in [0.4, 0.5) is 11.4 Å². The number of hydrogen-bond donors (Lipinski definition) is 2. The number of ether oxygens (including phenoxy) is 1. The van der Waals surface area contributed by atoms with E-state index in [2.05, 4.69) is 5.32 Å². The normalized spacial score (nSPS) is 16.2. The van der Waals surface area contributed by atoms with E-state index in [1.165, 1.54) is 28.6 Å². The van der Waals surface area contributed by atoms with Crippen molar-refractivity contribution < 1.29 is 22.7 Å². The summed E-state index contributed by atoms with van der Waals surface area (Å²) in [6.45, 7) is 1.70. The molecule has 1 aliphatic heterocycles. The highest BCUT2D eigenvalue weighted by Gasteiger charge is 2.35. The van der Waals surface area contributed by atoms with E-state index < -0.39 is 27.9 Å². The number of benzene rings is 2. The molecule has 0 aromatic heterocycles. The third-order valence-electron chi connectivity index (χ3n) is 4.11. The number of rotatable bonds is 4. The Morgan fingerprint density at radius 3 is 2.44 bits per heavy atom. The molecule has 1 aliphatic rings. The SMILES string of the molecule is Cc1ccc2c(c1)N(S(C)(=O)=O)CC(C(=O)Nc1ccc(C(N)=O)cc1)O2. The van der Waals surface area contributed by atoms with Gasteiger partial charge in [-0.1, -0.05) is 6.07 Å². The molecule has 0 saturated carbocycles. The number of primary amides is 1. The lowest BCUT2D eigenvalue weighted by molar-refractivity contribution is -0.122. The fourth-order valence-electron chi connectivity index (χ4n) is 2.75. The van der Waals surface area contributed by atoms with E-state index in [-0.39, 0.29) is 6.54 Å². The highest BCUT2D eigenvalue weighted by molar-refractivity contribution is 7.92. The number of carbonyl (C=O) groups is 2. The smallest absolute Gasteiger partial charge is 0.267 e. The zero-order valence-electron chi connectivity index (χ0n) is 14.8. The maximum Gasteiger partial charge on any atom is 0.267 e. The second-order valence-corrected chi connectivity index (χ2v) is 8.21. The third kappa shape index (κ3) is 4.03. The molecule has 0 radical (unpaired) electrons. The summed E-state index contributed by atoms with van der Waals surface area (Å²) in [7, 11) is -3.59. The second-order valence-electron chi connectivity index (χ2n) is 6.30. The van der Waals surface area contributed by atoms with E-state index in [1.54, 1.807) is 18.2 Å². The summed E-state index contributed by atoms with van der Waals surface area (Å²) in [5, 5.41) is 2.65. The number of aryl methyl sites for hydroxylation is 1. The molecule has 2 amide bonds. The van der Waals surface area contributed by atoms with Gasteiger partial charge in [0.25, 0.3) is 5.91 Å². The predicted molar refractivity (Wildman–Crippen MR) is 101 cm³/mol. The average molecular weight is 389 g/mol. The first-order chi connectivity index (χ1) is 12.6. The molecule has 0 saturated heterocycles. The first-order valence-electron chi connectivity index (χ1n) is 8.11. The van der Waals surface area contributed by atoms with Gasteiger partial charge in [-0.25, -0.2) is 8.42 Å². The molecule has 142 valence electrons. The Kier molecular flexibility index (Phi) is 4.79. The van der Waals surface area contributed by atoms with Crippen LogP contribution in [-0.4, -0.2) is 39.1 Å². The standard InChI is InChI=1S/C18H19N3O5S/c1-11-3-8-15-14(9-11)21(27(2,24)25)10-16(26-15)18(23)20-13-6-4-12(5-7-13)17(19)22/h3-9,16H,10H2,1-2H3,(H2,19,22)(H,20,23). The maximum atomic E-state index is 12.6. The number of nitrogens with one attached hydrogen (secondary N) is 1. The minimum atomic E-state index is -3.59. The van der Waals surface area contributed by atoms with Gasteiger partial charge in [0.15, 0.2) is 6.10 Å². The molecule has 3 N–H and O–H groups in total. The van der Waals surface area contributed by atoms with Gasteiger partial charge >= 0.3 is 0 Å². The van der Waals surface area contributed by atoms with Gasteiger partial charge in [0.05, 0.1) is 18.5 Å². The van der Waals surface area contributed by atoms with Gasteiger partial charge in [-0.15, -0.1) is 0 Å². The van der Waals surface area contributed by atoms with Gasteiger partial charge in [0.1, 0.15) is 5.75 Å². The minimum Gasteiger partial charge on any atom is -0.476 e. The number of nitrogens with zero attached hydrogens (tertiary/aromatic N) is 1. The third-order valence-corrected chi connectivity index (χ3v) is 5.26. The summed E-state index contributed by atoms with van der Waals surface area (Å²) in [5.41, 5.74) is 7.23. The molecule has 27 heavy (non-hydrogen) atoms. The van der Waals surface area contributed by atoms with Crippen molar-refractivity contribution in [2.24, 2.45) is 5.73 Å². The number of amides is 2. The van der Waals surface area contributed by atoms with Crippen LogP contribution >= 0.6 is 0 Å². The van der Waals surface area contributed by atoms with Crippen LogP contribution in [0.5, 0.6) is 5.75 Å². The highest BCUT2D eigenvalue weighted by atomic mass is 32.2. The molecular formula is C18H19N3O5S. The second kappa shape index (κ2) is 6.92. The fraction of sp³-hybridized carbons (Fsp3) is 0.222. The summed E-state index contributed by atoms with van der Waals surface area (Å²) in [6, 6.07) is 11.2. The first-order valence-corrected chi connectivity index (χ1v) is 9.96. The Morgan fingerprint density at radius 1 is 1.19 bits per heavy atom. The van der Waals surface area contributed by atoms with Crippen molar-refractivity contribution >= 4 is 33.2 Å². The number of carbonyl (C=O) groups excluding carboxylic acids is 2. The Hall–Kier alpha value is -3.07. The van der Waals surface area contributed by atoms with Crippen molar-refractivity contribution in [3.63, 3.8) is 0 Å². The lowest BCUT2D eigenvalue weighted by Gasteiger charge is -2.34. The zero-order chi connectivity index (χ0) is 19.8. The van der Waals surface area contributed by atoms with Crippen molar-refractivity contribution in [1.82, 2.24) is 0 Å². The van der Waals surface area contributed by atoms with Crippen molar-refractivity contribution in [2.75, 3.05) is 22.4 Å². The number of anilines is 2. The van der Waals surface area contributed by atoms with Crippen LogP contribution in [0.25, 0.3) is 0 Å². The van der Waals surface area contributed by atoms with Crippen LogP contribution in [0.15, 0.2) is 42.5 Å². The molecule has 1 atom stereocenters. The van der Waals surface area contributed by atoms with Crippen molar-refractivity contribution in [1.29, 1.82) is 0 Å². The van der Waals surface area contributed by atoms with E-state index in [0.29, 0.717) is 22.7 Å². The van der Waals surface area contributed by atoms with Gasteiger partial charge in [0, 0.05) is 11.3 Å². The Labute approximate surface area is 157 Å². The number of fused-ring (bicyclic) bond motifs is 1. The Morgan fingerprint density at radius 2 is 1.85 bits per heavy atom. The van der Waals surface area contributed by atoms with Gasteiger partial charge < -0.3 is 15.8 Å². The van der Waals surface area contributed by atoms with E-state index in [4.69, 9.17) is 10.5 Å². The van der Waals surface area contributed by atoms with Crippen LogP contribution < -0.4 is 20.1 Å². The summed E-state index contributed by atoms with van der Waals surface area (Å²) in [6.07, 6.45) is 0.0628. The van der Waals surface area contributed by atoms with Gasteiger partial charge in [0.2, 0.25) is 15.9 Å². The summed E-state index contributed by atoms with van der Waals surface area (Å²) in [4.78, 5) is 23.7. The number of sulfonamides is 1. The quantitative estimate of drug-likeness (QED) is 0.816. The Balaban J connectivity index is 1.83. The predicted octanol–water partition coefficient (Wildman–Crippen LogP) is 1.26. The molecule has 2 aromatic carbocycles. The molecular weight excluding hydrogens is 370 g/mol. The summed E-state index contributed by atoms with van der Waals surface area (Å²) in [5.74, 6) is -0.748. The fourth-order valence-corrected chi connectivity index (χ4v) is 3.66. The van der Waals surface area contributed by atoms with E-state index in [9.17, 15) is 18.0 Å². The molecule has 0 fully saturated rings. The zero-order valence-corrected chi connectivity index (χ0v) is 15.6. The molecule has 1 unspecified atom stereocenters. The lowest BCUT2D eigenvalue weighted by Crippen LogP contribution is -2.48.